The van der Waals surface area contributed by atoms with Crippen molar-refractivity contribution in [3.8, 4) is 0 Å². The number of carbonyl (C=O) groups excluding carboxylic acids is 1. The SMILES string of the molecule is CN(CC1CCC1)C(=O)c1cc(F)cc(S(=O)(=O)Cl)c1Br. The molecule has 1 saturated carbocycles. The number of hydrogen-bond acceptors (Lipinski definition) is 3. The Kier molecular flexibility index (Phi) is 4.95. The third kappa shape index (κ3) is 3.76. The molecule has 0 aromatic heterocycles. The molecule has 1 amide bonds. The summed E-state index contributed by atoms with van der Waals surface area (Å²) in [6.07, 6.45) is 3.30. The van der Waals surface area contributed by atoms with Gasteiger partial charge in [0.15, 0.2) is 0 Å². The summed E-state index contributed by atoms with van der Waals surface area (Å²) in [5, 5.41) is 0. The van der Waals surface area contributed by atoms with Crippen LogP contribution in [0.3, 0.4) is 0 Å². The molecule has 0 unspecified atom stereocenters. The van der Waals surface area contributed by atoms with Gasteiger partial charge in [-0.05, 0) is 46.8 Å². The summed E-state index contributed by atoms with van der Waals surface area (Å²) in [7, 11) is 2.74. The van der Waals surface area contributed by atoms with Crippen LogP contribution in [0.2, 0.25) is 0 Å². The van der Waals surface area contributed by atoms with Gasteiger partial charge in [0, 0.05) is 24.3 Å². The maximum Gasteiger partial charge on any atom is 0.262 e. The molecule has 1 fully saturated rings. The number of nitrogens with zero attached hydrogens (tertiary/aromatic N) is 1. The Labute approximate surface area is 135 Å². The zero-order valence-corrected chi connectivity index (χ0v) is 14.4. The first-order valence-electron chi connectivity index (χ1n) is 6.39. The molecule has 4 nitrogen and oxygen atoms in total. The lowest BCUT2D eigenvalue weighted by Gasteiger charge is -2.30. The average molecular weight is 399 g/mol. The number of amides is 1. The van der Waals surface area contributed by atoms with Crippen LogP contribution in [0.1, 0.15) is 29.6 Å². The van der Waals surface area contributed by atoms with Gasteiger partial charge in [-0.3, -0.25) is 4.79 Å². The van der Waals surface area contributed by atoms with Crippen LogP contribution in [-0.2, 0) is 9.05 Å². The number of carbonyl (C=O) groups is 1. The summed E-state index contributed by atoms with van der Waals surface area (Å²) in [4.78, 5) is 13.4. The summed E-state index contributed by atoms with van der Waals surface area (Å²) in [6, 6.07) is 1.80. The Balaban J connectivity index is 2.34. The molecule has 0 N–H and O–H groups in total. The second-order valence-electron chi connectivity index (χ2n) is 5.19. The minimum Gasteiger partial charge on any atom is -0.341 e. The molecule has 0 bridgehead atoms. The van der Waals surface area contributed by atoms with Crippen molar-refractivity contribution in [2.24, 2.45) is 5.92 Å². The maximum absolute atomic E-state index is 13.6. The zero-order valence-electron chi connectivity index (χ0n) is 11.3. The van der Waals surface area contributed by atoms with Crippen LogP contribution < -0.4 is 0 Å². The predicted octanol–water partition coefficient (Wildman–Crippen LogP) is 3.39. The minimum atomic E-state index is -4.14. The van der Waals surface area contributed by atoms with Crippen molar-refractivity contribution in [2.45, 2.75) is 24.2 Å². The molecule has 0 aliphatic heterocycles. The van der Waals surface area contributed by atoms with Crippen molar-refractivity contribution < 1.29 is 17.6 Å². The van der Waals surface area contributed by atoms with Crippen LogP contribution in [0.5, 0.6) is 0 Å². The normalized spacial score (nSPS) is 15.6. The molecule has 0 atom stereocenters. The monoisotopic (exact) mass is 397 g/mol. The number of hydrogen-bond donors (Lipinski definition) is 0. The number of rotatable bonds is 4. The highest BCUT2D eigenvalue weighted by Gasteiger charge is 2.26. The Bertz CT molecular complexity index is 676. The minimum absolute atomic E-state index is 0.00985. The first-order valence-corrected chi connectivity index (χ1v) is 9.49. The molecular formula is C13H14BrClFNO3S. The van der Waals surface area contributed by atoms with Gasteiger partial charge in [0.05, 0.1) is 10.0 Å². The van der Waals surface area contributed by atoms with Crippen LogP contribution in [0.4, 0.5) is 4.39 Å². The molecule has 2 rings (SSSR count). The van der Waals surface area contributed by atoms with Crippen molar-refractivity contribution in [2.75, 3.05) is 13.6 Å². The highest BCUT2D eigenvalue weighted by Crippen LogP contribution is 2.31. The standard InChI is InChI=1S/C13H14BrClFNO3S/c1-17(7-8-3-2-4-8)13(18)10-5-9(16)6-11(12(10)14)21(15,19)20/h5-6,8H,2-4,7H2,1H3. The fourth-order valence-electron chi connectivity index (χ4n) is 2.25. The molecular weight excluding hydrogens is 385 g/mol. The Morgan fingerprint density at radius 3 is 2.57 bits per heavy atom. The molecule has 1 aliphatic rings. The molecule has 0 radical (unpaired) electrons. The highest BCUT2D eigenvalue weighted by atomic mass is 79.9. The molecule has 0 saturated heterocycles. The highest BCUT2D eigenvalue weighted by molar-refractivity contribution is 9.10. The molecule has 1 aliphatic carbocycles. The summed E-state index contributed by atoms with van der Waals surface area (Å²) >= 11 is 3.04. The van der Waals surface area contributed by atoms with Gasteiger partial charge in [0.25, 0.3) is 15.0 Å². The second-order valence-corrected chi connectivity index (χ2v) is 8.51. The third-order valence-electron chi connectivity index (χ3n) is 3.60. The van der Waals surface area contributed by atoms with Crippen molar-refractivity contribution >= 4 is 41.6 Å². The Morgan fingerprint density at radius 2 is 2.10 bits per heavy atom. The van der Waals surface area contributed by atoms with Crippen molar-refractivity contribution in [3.05, 3.63) is 28.0 Å². The summed E-state index contributed by atoms with van der Waals surface area (Å²) in [6.45, 7) is 0.574. The van der Waals surface area contributed by atoms with Gasteiger partial charge in [-0.1, -0.05) is 6.42 Å². The predicted molar refractivity (Wildman–Crippen MR) is 81.4 cm³/mol. The first kappa shape index (κ1) is 16.7. The van der Waals surface area contributed by atoms with E-state index in [1.165, 1.54) is 4.90 Å². The van der Waals surface area contributed by atoms with Crippen molar-refractivity contribution in [1.29, 1.82) is 0 Å². The van der Waals surface area contributed by atoms with E-state index in [-0.39, 0.29) is 10.0 Å². The molecule has 0 heterocycles. The molecule has 0 spiro atoms. The topological polar surface area (TPSA) is 54.5 Å². The van der Waals surface area contributed by atoms with Crippen LogP contribution >= 0.6 is 26.6 Å². The van der Waals surface area contributed by atoms with E-state index in [4.69, 9.17) is 10.7 Å². The van der Waals surface area contributed by atoms with Gasteiger partial charge >= 0.3 is 0 Å². The molecule has 116 valence electrons. The van der Waals surface area contributed by atoms with E-state index in [2.05, 4.69) is 15.9 Å². The van der Waals surface area contributed by atoms with Crippen LogP contribution in [0.15, 0.2) is 21.5 Å². The van der Waals surface area contributed by atoms with Crippen LogP contribution in [0.25, 0.3) is 0 Å². The summed E-state index contributed by atoms with van der Waals surface area (Å²) in [5.74, 6) is -0.796. The fourth-order valence-corrected chi connectivity index (χ4v) is 4.51. The van der Waals surface area contributed by atoms with Gasteiger partial charge in [0.2, 0.25) is 0 Å². The number of benzene rings is 1. The van der Waals surface area contributed by atoms with Gasteiger partial charge in [-0.25, -0.2) is 12.8 Å². The second kappa shape index (κ2) is 6.22. The Hall–Kier alpha value is -0.660. The van der Waals surface area contributed by atoms with E-state index in [0.29, 0.717) is 12.5 Å². The van der Waals surface area contributed by atoms with Crippen LogP contribution in [-0.4, -0.2) is 32.8 Å². The smallest absolute Gasteiger partial charge is 0.262 e. The lowest BCUT2D eigenvalue weighted by Crippen LogP contribution is -2.34. The Morgan fingerprint density at radius 1 is 1.48 bits per heavy atom. The summed E-state index contributed by atoms with van der Waals surface area (Å²) in [5.41, 5.74) is -0.0453. The summed E-state index contributed by atoms with van der Waals surface area (Å²) < 4.78 is 36.4. The van der Waals surface area contributed by atoms with E-state index >= 15 is 0 Å². The van der Waals surface area contributed by atoms with Crippen molar-refractivity contribution in [3.63, 3.8) is 0 Å². The largest absolute Gasteiger partial charge is 0.341 e. The van der Waals surface area contributed by atoms with E-state index < -0.39 is 25.7 Å². The number of halogens is 3. The van der Waals surface area contributed by atoms with E-state index in [0.717, 1.165) is 31.4 Å². The quantitative estimate of drug-likeness (QED) is 0.731. The van der Waals surface area contributed by atoms with Crippen molar-refractivity contribution in [1.82, 2.24) is 4.90 Å². The zero-order chi connectivity index (χ0) is 15.8. The third-order valence-corrected chi connectivity index (χ3v) is 6.06. The average Bonchev–Trinajstić information content (AvgIpc) is 2.33. The van der Waals surface area contributed by atoms with Gasteiger partial charge in [-0.15, -0.1) is 0 Å². The van der Waals surface area contributed by atoms with E-state index in [1.54, 1.807) is 7.05 Å². The molecule has 1 aromatic carbocycles. The molecule has 8 heteroatoms. The van der Waals surface area contributed by atoms with E-state index in [9.17, 15) is 17.6 Å². The van der Waals surface area contributed by atoms with Gasteiger partial charge < -0.3 is 4.90 Å². The maximum atomic E-state index is 13.6. The lowest BCUT2D eigenvalue weighted by atomic mass is 9.85. The molecule has 21 heavy (non-hydrogen) atoms. The van der Waals surface area contributed by atoms with E-state index in [1.807, 2.05) is 0 Å². The molecule has 1 aromatic rings. The lowest BCUT2D eigenvalue weighted by molar-refractivity contribution is 0.0743. The van der Waals surface area contributed by atoms with Crippen LogP contribution in [0, 0.1) is 11.7 Å². The first-order chi connectivity index (χ1) is 9.70. The van der Waals surface area contributed by atoms with Gasteiger partial charge in [0.1, 0.15) is 10.7 Å². The fraction of sp³-hybridized carbons (Fsp3) is 0.462. The van der Waals surface area contributed by atoms with Gasteiger partial charge in [-0.2, -0.15) is 0 Å².